The summed E-state index contributed by atoms with van der Waals surface area (Å²) in [5.74, 6) is -2.40. The Labute approximate surface area is 122 Å². The standard InChI is InChI=1S/C15H20F2N2O2/c1-2-7-18-8-9-19-15(21)6-5-14(20)12-4-3-11(16)10-13(12)17/h3-4,10,18H,2,5-9H2,1H3,(H,19,21). The van der Waals surface area contributed by atoms with Crippen LogP contribution >= 0.6 is 0 Å². The topological polar surface area (TPSA) is 58.2 Å². The molecular weight excluding hydrogens is 278 g/mol. The molecule has 0 radical (unpaired) electrons. The van der Waals surface area contributed by atoms with E-state index in [2.05, 4.69) is 10.6 Å². The molecule has 21 heavy (non-hydrogen) atoms. The molecule has 0 aliphatic heterocycles. The Bertz CT molecular complexity index is 493. The molecule has 0 unspecified atom stereocenters. The molecule has 4 nitrogen and oxygen atoms in total. The summed E-state index contributed by atoms with van der Waals surface area (Å²) in [4.78, 5) is 23.2. The number of halogens is 2. The van der Waals surface area contributed by atoms with Crippen LogP contribution in [0.15, 0.2) is 18.2 Å². The fourth-order valence-corrected chi connectivity index (χ4v) is 1.76. The minimum atomic E-state index is -0.899. The zero-order valence-electron chi connectivity index (χ0n) is 12.0. The Hall–Kier alpha value is -1.82. The maximum absolute atomic E-state index is 13.4. The highest BCUT2D eigenvalue weighted by Crippen LogP contribution is 2.12. The fourth-order valence-electron chi connectivity index (χ4n) is 1.76. The minimum Gasteiger partial charge on any atom is -0.355 e. The highest BCUT2D eigenvalue weighted by Gasteiger charge is 2.13. The lowest BCUT2D eigenvalue weighted by Gasteiger charge is -2.06. The van der Waals surface area contributed by atoms with Gasteiger partial charge in [0.15, 0.2) is 5.78 Å². The van der Waals surface area contributed by atoms with Crippen LogP contribution in [0.4, 0.5) is 8.78 Å². The van der Waals surface area contributed by atoms with Crippen LogP contribution in [0.1, 0.15) is 36.5 Å². The monoisotopic (exact) mass is 298 g/mol. The third-order valence-electron chi connectivity index (χ3n) is 2.86. The van der Waals surface area contributed by atoms with E-state index in [1.165, 1.54) is 0 Å². The number of hydrogen-bond acceptors (Lipinski definition) is 3. The summed E-state index contributed by atoms with van der Waals surface area (Å²) in [6.45, 7) is 4.09. The molecular formula is C15H20F2N2O2. The van der Waals surface area contributed by atoms with Crippen molar-refractivity contribution in [1.82, 2.24) is 10.6 Å². The number of benzene rings is 1. The van der Waals surface area contributed by atoms with Crippen molar-refractivity contribution < 1.29 is 18.4 Å². The number of rotatable bonds is 9. The second-order valence-electron chi connectivity index (χ2n) is 4.65. The average molecular weight is 298 g/mol. The van der Waals surface area contributed by atoms with E-state index in [-0.39, 0.29) is 24.3 Å². The summed E-state index contributed by atoms with van der Waals surface area (Å²) in [7, 11) is 0. The zero-order valence-corrected chi connectivity index (χ0v) is 12.0. The van der Waals surface area contributed by atoms with Crippen LogP contribution in [0.3, 0.4) is 0 Å². The first-order valence-corrected chi connectivity index (χ1v) is 7.00. The van der Waals surface area contributed by atoms with Crippen molar-refractivity contribution in [1.29, 1.82) is 0 Å². The van der Waals surface area contributed by atoms with E-state index >= 15 is 0 Å². The van der Waals surface area contributed by atoms with Crippen LogP contribution in [-0.2, 0) is 4.79 Å². The maximum Gasteiger partial charge on any atom is 0.220 e. The van der Waals surface area contributed by atoms with E-state index in [0.29, 0.717) is 19.2 Å². The van der Waals surface area contributed by atoms with E-state index in [1.54, 1.807) is 0 Å². The van der Waals surface area contributed by atoms with Gasteiger partial charge in [0, 0.05) is 32.0 Å². The molecule has 6 heteroatoms. The highest BCUT2D eigenvalue weighted by molar-refractivity contribution is 5.98. The van der Waals surface area contributed by atoms with Gasteiger partial charge in [-0.05, 0) is 25.1 Å². The number of carbonyl (C=O) groups is 2. The molecule has 0 spiro atoms. The van der Waals surface area contributed by atoms with Crippen molar-refractivity contribution >= 4 is 11.7 Å². The first-order chi connectivity index (χ1) is 10.0. The first kappa shape index (κ1) is 17.2. The van der Waals surface area contributed by atoms with Gasteiger partial charge in [-0.3, -0.25) is 9.59 Å². The number of Topliss-reactive ketones (excluding diaryl/α,β-unsaturated/α-hetero) is 1. The van der Waals surface area contributed by atoms with Crippen LogP contribution < -0.4 is 10.6 Å². The fraction of sp³-hybridized carbons (Fsp3) is 0.467. The SMILES string of the molecule is CCCNCCNC(=O)CCC(=O)c1ccc(F)cc1F. The van der Waals surface area contributed by atoms with Crippen molar-refractivity contribution in [2.24, 2.45) is 0 Å². The minimum absolute atomic E-state index is 0.0105. The van der Waals surface area contributed by atoms with Gasteiger partial charge in [-0.15, -0.1) is 0 Å². The first-order valence-electron chi connectivity index (χ1n) is 7.00. The van der Waals surface area contributed by atoms with E-state index in [0.717, 1.165) is 25.1 Å². The zero-order chi connectivity index (χ0) is 15.7. The largest absolute Gasteiger partial charge is 0.355 e. The summed E-state index contributed by atoms with van der Waals surface area (Å²) in [6.07, 6.45) is 0.909. The van der Waals surface area contributed by atoms with Gasteiger partial charge in [0.25, 0.3) is 0 Å². The Balaban J connectivity index is 2.30. The van der Waals surface area contributed by atoms with Gasteiger partial charge in [0.1, 0.15) is 11.6 Å². The Morgan fingerprint density at radius 3 is 2.52 bits per heavy atom. The van der Waals surface area contributed by atoms with Crippen LogP contribution in [-0.4, -0.2) is 31.3 Å². The van der Waals surface area contributed by atoms with Gasteiger partial charge in [-0.25, -0.2) is 8.78 Å². The third kappa shape index (κ3) is 6.44. The van der Waals surface area contributed by atoms with Crippen molar-refractivity contribution in [2.75, 3.05) is 19.6 Å². The summed E-state index contributed by atoms with van der Waals surface area (Å²) >= 11 is 0. The van der Waals surface area contributed by atoms with Gasteiger partial charge in [-0.2, -0.15) is 0 Å². The summed E-state index contributed by atoms with van der Waals surface area (Å²) in [6, 6.07) is 2.78. The number of ketones is 1. The number of hydrogen-bond donors (Lipinski definition) is 2. The molecule has 1 aromatic carbocycles. The normalized spacial score (nSPS) is 10.4. The molecule has 0 saturated carbocycles. The van der Waals surface area contributed by atoms with Crippen LogP contribution in [0.2, 0.25) is 0 Å². The Morgan fingerprint density at radius 2 is 1.86 bits per heavy atom. The van der Waals surface area contributed by atoms with E-state index in [4.69, 9.17) is 0 Å². The molecule has 0 aliphatic carbocycles. The molecule has 0 atom stereocenters. The molecule has 0 aromatic heterocycles. The molecule has 1 rings (SSSR count). The van der Waals surface area contributed by atoms with E-state index < -0.39 is 17.4 Å². The highest BCUT2D eigenvalue weighted by atomic mass is 19.1. The number of amides is 1. The van der Waals surface area contributed by atoms with Crippen LogP contribution in [0.5, 0.6) is 0 Å². The molecule has 0 aliphatic rings. The van der Waals surface area contributed by atoms with Gasteiger partial charge < -0.3 is 10.6 Å². The van der Waals surface area contributed by atoms with Crippen molar-refractivity contribution in [3.63, 3.8) is 0 Å². The van der Waals surface area contributed by atoms with Crippen molar-refractivity contribution in [2.45, 2.75) is 26.2 Å². The quantitative estimate of drug-likeness (QED) is 0.542. The lowest BCUT2D eigenvalue weighted by molar-refractivity contribution is -0.121. The second kappa shape index (κ2) is 9.18. The van der Waals surface area contributed by atoms with Crippen LogP contribution in [0, 0.1) is 11.6 Å². The third-order valence-corrected chi connectivity index (χ3v) is 2.86. The smallest absolute Gasteiger partial charge is 0.220 e. The molecule has 116 valence electrons. The Morgan fingerprint density at radius 1 is 1.10 bits per heavy atom. The lowest BCUT2D eigenvalue weighted by atomic mass is 10.1. The van der Waals surface area contributed by atoms with Gasteiger partial charge in [0.2, 0.25) is 5.91 Å². The van der Waals surface area contributed by atoms with Gasteiger partial charge >= 0.3 is 0 Å². The summed E-state index contributed by atoms with van der Waals surface area (Å²) in [5.41, 5.74) is -0.186. The molecule has 0 saturated heterocycles. The summed E-state index contributed by atoms with van der Waals surface area (Å²) in [5, 5.41) is 5.79. The molecule has 1 aromatic rings. The molecule has 1 amide bonds. The van der Waals surface area contributed by atoms with Crippen molar-refractivity contribution in [3.05, 3.63) is 35.4 Å². The van der Waals surface area contributed by atoms with Gasteiger partial charge in [0.05, 0.1) is 5.56 Å². The number of nitrogens with one attached hydrogen (secondary N) is 2. The van der Waals surface area contributed by atoms with E-state index in [1.807, 2.05) is 6.92 Å². The molecule has 0 bridgehead atoms. The average Bonchev–Trinajstić information content (AvgIpc) is 2.44. The summed E-state index contributed by atoms with van der Waals surface area (Å²) < 4.78 is 26.1. The van der Waals surface area contributed by atoms with Crippen LogP contribution in [0.25, 0.3) is 0 Å². The predicted octanol–water partition coefficient (Wildman–Crippen LogP) is 2.04. The predicted molar refractivity (Wildman–Crippen MR) is 76.1 cm³/mol. The molecule has 0 fully saturated rings. The number of carbonyl (C=O) groups excluding carboxylic acids is 2. The van der Waals surface area contributed by atoms with E-state index in [9.17, 15) is 18.4 Å². The lowest BCUT2D eigenvalue weighted by Crippen LogP contribution is -2.32. The Kier molecular flexibility index (Phi) is 7.53. The molecule has 2 N–H and O–H groups in total. The second-order valence-corrected chi connectivity index (χ2v) is 4.65. The van der Waals surface area contributed by atoms with Crippen molar-refractivity contribution in [3.8, 4) is 0 Å². The van der Waals surface area contributed by atoms with Gasteiger partial charge in [-0.1, -0.05) is 6.92 Å². The molecule has 0 heterocycles. The maximum atomic E-state index is 13.4.